The highest BCUT2D eigenvalue weighted by atomic mass is 35.5. The molecule has 1 unspecified atom stereocenters. The summed E-state index contributed by atoms with van der Waals surface area (Å²) in [5, 5.41) is 12.1. The number of halogens is 1. The SMILES string of the molecule is CCCNC(C)c1nnc(-c2ccc(Cl)cc2)o1. The van der Waals surface area contributed by atoms with E-state index < -0.39 is 0 Å². The van der Waals surface area contributed by atoms with Crippen molar-refractivity contribution in [1.82, 2.24) is 15.5 Å². The molecule has 1 atom stereocenters. The summed E-state index contributed by atoms with van der Waals surface area (Å²) in [4.78, 5) is 0. The average Bonchev–Trinajstić information content (AvgIpc) is 2.86. The van der Waals surface area contributed by atoms with Crippen LogP contribution in [0.4, 0.5) is 0 Å². The molecule has 0 aliphatic heterocycles. The van der Waals surface area contributed by atoms with Gasteiger partial charge in [-0.2, -0.15) is 0 Å². The Morgan fingerprint density at radius 3 is 2.67 bits per heavy atom. The Morgan fingerprint density at radius 2 is 2.00 bits per heavy atom. The van der Waals surface area contributed by atoms with Gasteiger partial charge in [0.15, 0.2) is 0 Å². The molecule has 0 amide bonds. The maximum Gasteiger partial charge on any atom is 0.247 e. The zero-order chi connectivity index (χ0) is 13.0. The largest absolute Gasteiger partial charge is 0.419 e. The lowest BCUT2D eigenvalue weighted by Gasteiger charge is -2.07. The molecule has 1 heterocycles. The number of nitrogens with one attached hydrogen (secondary N) is 1. The van der Waals surface area contributed by atoms with Gasteiger partial charge in [-0.25, -0.2) is 0 Å². The summed E-state index contributed by atoms with van der Waals surface area (Å²) < 4.78 is 5.64. The maximum atomic E-state index is 5.84. The quantitative estimate of drug-likeness (QED) is 0.900. The van der Waals surface area contributed by atoms with Crippen molar-refractivity contribution in [3.8, 4) is 11.5 Å². The maximum absolute atomic E-state index is 5.84. The molecule has 96 valence electrons. The van der Waals surface area contributed by atoms with E-state index >= 15 is 0 Å². The number of hydrogen-bond donors (Lipinski definition) is 1. The van der Waals surface area contributed by atoms with E-state index in [2.05, 4.69) is 22.4 Å². The normalized spacial score (nSPS) is 12.6. The summed E-state index contributed by atoms with van der Waals surface area (Å²) >= 11 is 5.84. The zero-order valence-corrected chi connectivity index (χ0v) is 11.2. The molecule has 4 nitrogen and oxygen atoms in total. The molecule has 2 aromatic rings. The van der Waals surface area contributed by atoms with Crippen molar-refractivity contribution in [3.63, 3.8) is 0 Å². The van der Waals surface area contributed by atoms with Crippen LogP contribution in [0.5, 0.6) is 0 Å². The third kappa shape index (κ3) is 3.09. The molecule has 1 N–H and O–H groups in total. The monoisotopic (exact) mass is 265 g/mol. The Hall–Kier alpha value is -1.39. The number of benzene rings is 1. The van der Waals surface area contributed by atoms with Gasteiger partial charge in [0.05, 0.1) is 6.04 Å². The summed E-state index contributed by atoms with van der Waals surface area (Å²) in [6, 6.07) is 7.41. The molecule has 18 heavy (non-hydrogen) atoms. The molecular weight excluding hydrogens is 250 g/mol. The molecule has 0 bridgehead atoms. The van der Waals surface area contributed by atoms with Gasteiger partial charge in [-0.3, -0.25) is 0 Å². The summed E-state index contributed by atoms with van der Waals surface area (Å²) in [5.74, 6) is 1.13. The fourth-order valence-electron chi connectivity index (χ4n) is 1.57. The highest BCUT2D eigenvalue weighted by molar-refractivity contribution is 6.30. The van der Waals surface area contributed by atoms with Crippen molar-refractivity contribution in [3.05, 3.63) is 35.2 Å². The van der Waals surface area contributed by atoms with Crippen LogP contribution in [0, 0.1) is 0 Å². The van der Waals surface area contributed by atoms with E-state index in [4.69, 9.17) is 16.0 Å². The number of hydrogen-bond acceptors (Lipinski definition) is 4. The third-order valence-electron chi connectivity index (χ3n) is 2.60. The van der Waals surface area contributed by atoms with Gasteiger partial charge in [-0.05, 0) is 44.2 Å². The molecule has 0 saturated carbocycles. The van der Waals surface area contributed by atoms with Gasteiger partial charge < -0.3 is 9.73 Å². The summed E-state index contributed by atoms with van der Waals surface area (Å²) in [5.41, 5.74) is 0.876. The summed E-state index contributed by atoms with van der Waals surface area (Å²) in [6.07, 6.45) is 1.07. The van der Waals surface area contributed by atoms with Crippen LogP contribution in [0.25, 0.3) is 11.5 Å². The Balaban J connectivity index is 2.12. The van der Waals surface area contributed by atoms with Crippen molar-refractivity contribution < 1.29 is 4.42 Å². The summed E-state index contributed by atoms with van der Waals surface area (Å²) in [6.45, 7) is 5.06. The highest BCUT2D eigenvalue weighted by Gasteiger charge is 2.13. The van der Waals surface area contributed by atoms with Crippen LogP contribution in [-0.4, -0.2) is 16.7 Å². The Bertz CT molecular complexity index is 495. The van der Waals surface area contributed by atoms with Crippen LogP contribution in [0.1, 0.15) is 32.2 Å². The van der Waals surface area contributed by atoms with Crippen LogP contribution < -0.4 is 5.32 Å². The van der Waals surface area contributed by atoms with Crippen molar-refractivity contribution >= 4 is 11.6 Å². The van der Waals surface area contributed by atoms with E-state index in [1.807, 2.05) is 19.1 Å². The second-order valence-electron chi connectivity index (χ2n) is 4.13. The first-order valence-electron chi connectivity index (χ1n) is 6.03. The van der Waals surface area contributed by atoms with Crippen LogP contribution >= 0.6 is 11.6 Å². The molecule has 1 aromatic heterocycles. The molecule has 0 aliphatic rings. The van der Waals surface area contributed by atoms with Crippen molar-refractivity contribution in [2.75, 3.05) is 6.54 Å². The standard InChI is InChI=1S/C13H16ClN3O/c1-3-8-15-9(2)12-16-17-13(18-12)10-4-6-11(14)7-5-10/h4-7,9,15H,3,8H2,1-2H3. The first kappa shape index (κ1) is 13.1. The van der Waals surface area contributed by atoms with E-state index in [9.17, 15) is 0 Å². The van der Waals surface area contributed by atoms with Crippen molar-refractivity contribution in [1.29, 1.82) is 0 Å². The Labute approximate surface area is 111 Å². The first-order valence-corrected chi connectivity index (χ1v) is 6.41. The third-order valence-corrected chi connectivity index (χ3v) is 2.85. The topological polar surface area (TPSA) is 51.0 Å². The molecule has 0 radical (unpaired) electrons. The second-order valence-corrected chi connectivity index (χ2v) is 4.56. The van der Waals surface area contributed by atoms with Gasteiger partial charge in [0, 0.05) is 10.6 Å². The van der Waals surface area contributed by atoms with Crippen LogP contribution in [0.2, 0.25) is 5.02 Å². The fraction of sp³-hybridized carbons (Fsp3) is 0.385. The fourth-order valence-corrected chi connectivity index (χ4v) is 1.69. The molecule has 1 aromatic carbocycles. The average molecular weight is 266 g/mol. The molecular formula is C13H16ClN3O. The van der Waals surface area contributed by atoms with E-state index in [0.717, 1.165) is 18.5 Å². The smallest absolute Gasteiger partial charge is 0.247 e. The number of rotatable bonds is 5. The van der Waals surface area contributed by atoms with Crippen molar-refractivity contribution in [2.24, 2.45) is 0 Å². The van der Waals surface area contributed by atoms with Crippen LogP contribution in [-0.2, 0) is 0 Å². The summed E-state index contributed by atoms with van der Waals surface area (Å²) in [7, 11) is 0. The molecule has 0 spiro atoms. The molecule has 0 aliphatic carbocycles. The Kier molecular flexibility index (Phi) is 4.33. The van der Waals surface area contributed by atoms with E-state index in [-0.39, 0.29) is 6.04 Å². The lowest BCUT2D eigenvalue weighted by atomic mass is 10.2. The molecule has 5 heteroatoms. The van der Waals surface area contributed by atoms with Crippen LogP contribution in [0.15, 0.2) is 28.7 Å². The van der Waals surface area contributed by atoms with Gasteiger partial charge in [0.2, 0.25) is 11.8 Å². The predicted molar refractivity (Wildman–Crippen MR) is 71.5 cm³/mol. The number of nitrogens with zero attached hydrogens (tertiary/aromatic N) is 2. The van der Waals surface area contributed by atoms with Gasteiger partial charge in [0.25, 0.3) is 0 Å². The van der Waals surface area contributed by atoms with E-state index in [1.165, 1.54) is 0 Å². The van der Waals surface area contributed by atoms with Gasteiger partial charge >= 0.3 is 0 Å². The van der Waals surface area contributed by atoms with Gasteiger partial charge in [-0.15, -0.1) is 10.2 Å². The second kappa shape index (κ2) is 5.98. The molecule has 0 saturated heterocycles. The minimum absolute atomic E-state index is 0.0681. The van der Waals surface area contributed by atoms with E-state index in [0.29, 0.717) is 16.8 Å². The van der Waals surface area contributed by atoms with Crippen LogP contribution in [0.3, 0.4) is 0 Å². The highest BCUT2D eigenvalue weighted by Crippen LogP contribution is 2.22. The van der Waals surface area contributed by atoms with Gasteiger partial charge in [0.1, 0.15) is 0 Å². The lowest BCUT2D eigenvalue weighted by molar-refractivity contribution is 0.423. The molecule has 2 rings (SSSR count). The minimum atomic E-state index is 0.0681. The number of aromatic nitrogens is 2. The minimum Gasteiger partial charge on any atom is -0.419 e. The lowest BCUT2D eigenvalue weighted by Crippen LogP contribution is -2.19. The Morgan fingerprint density at radius 1 is 1.28 bits per heavy atom. The zero-order valence-electron chi connectivity index (χ0n) is 10.5. The first-order chi connectivity index (χ1) is 8.70. The van der Waals surface area contributed by atoms with E-state index in [1.54, 1.807) is 12.1 Å². The molecule has 0 fully saturated rings. The predicted octanol–water partition coefficient (Wildman–Crippen LogP) is 3.45. The van der Waals surface area contributed by atoms with Crippen molar-refractivity contribution in [2.45, 2.75) is 26.3 Å². The van der Waals surface area contributed by atoms with Gasteiger partial charge in [-0.1, -0.05) is 18.5 Å².